The van der Waals surface area contributed by atoms with Gasteiger partial charge in [-0.2, -0.15) is 0 Å². The maximum Gasteiger partial charge on any atom is 0.143 e. The Morgan fingerprint density at radius 3 is 2.33 bits per heavy atom. The summed E-state index contributed by atoms with van der Waals surface area (Å²) in [4.78, 5) is 0. The van der Waals surface area contributed by atoms with Gasteiger partial charge in [0.15, 0.2) is 0 Å². The van der Waals surface area contributed by atoms with E-state index in [9.17, 15) is 8.78 Å². The molecule has 0 bridgehead atoms. The molecule has 1 aromatic carbocycles. The van der Waals surface area contributed by atoms with E-state index in [-0.39, 0.29) is 29.7 Å². The quantitative estimate of drug-likeness (QED) is 0.827. The third kappa shape index (κ3) is 2.96. The van der Waals surface area contributed by atoms with Gasteiger partial charge in [-0.3, -0.25) is 0 Å². The number of hydrogen-bond acceptors (Lipinski definition) is 2. The molecule has 0 aliphatic carbocycles. The molecule has 0 heterocycles. The van der Waals surface area contributed by atoms with Gasteiger partial charge in [-0.15, -0.1) is 0 Å². The first-order valence-electron chi connectivity index (χ1n) is 4.44. The molecule has 0 aliphatic heterocycles. The second-order valence-electron chi connectivity index (χ2n) is 3.26. The van der Waals surface area contributed by atoms with Crippen molar-refractivity contribution >= 4 is 15.9 Å². The first kappa shape index (κ1) is 12.5. The van der Waals surface area contributed by atoms with E-state index in [2.05, 4.69) is 15.9 Å². The van der Waals surface area contributed by atoms with Gasteiger partial charge in [-0.05, 0) is 34.5 Å². The van der Waals surface area contributed by atoms with Gasteiger partial charge in [0, 0.05) is 24.7 Å². The predicted octanol–water partition coefficient (Wildman–Crippen LogP) is 1.87. The number of hydrogen-bond donors (Lipinski definition) is 2. The van der Waals surface area contributed by atoms with Crippen LogP contribution in [0.5, 0.6) is 0 Å². The lowest BCUT2D eigenvalue weighted by molar-refractivity contribution is 0.148. The Balaban J connectivity index is 2.97. The van der Waals surface area contributed by atoms with Gasteiger partial charge in [-0.1, -0.05) is 0 Å². The number of benzene rings is 1. The molecule has 0 unspecified atom stereocenters. The molecule has 84 valence electrons. The number of aliphatic hydroxyl groups excluding tert-OH is 2. The first-order valence-corrected chi connectivity index (χ1v) is 5.23. The highest BCUT2D eigenvalue weighted by atomic mass is 79.9. The highest BCUT2D eigenvalue weighted by Gasteiger charge is 2.16. The largest absolute Gasteiger partial charge is 0.396 e. The molecule has 0 atom stereocenters. The van der Waals surface area contributed by atoms with Gasteiger partial charge in [0.25, 0.3) is 0 Å². The summed E-state index contributed by atoms with van der Waals surface area (Å²) in [5, 5.41) is 17.6. The predicted molar refractivity (Wildman–Crippen MR) is 55.4 cm³/mol. The van der Waals surface area contributed by atoms with Crippen LogP contribution in [-0.4, -0.2) is 23.4 Å². The van der Waals surface area contributed by atoms with Crippen LogP contribution < -0.4 is 0 Å². The fourth-order valence-electron chi connectivity index (χ4n) is 1.23. The Morgan fingerprint density at radius 2 is 1.80 bits per heavy atom. The molecule has 2 N–H and O–H groups in total. The van der Waals surface area contributed by atoms with E-state index >= 15 is 0 Å². The maximum atomic E-state index is 13.4. The van der Waals surface area contributed by atoms with E-state index in [0.29, 0.717) is 0 Å². The van der Waals surface area contributed by atoms with E-state index in [1.807, 2.05) is 0 Å². The van der Waals surface area contributed by atoms with Gasteiger partial charge in [0.1, 0.15) is 11.6 Å². The molecule has 0 spiro atoms. The highest BCUT2D eigenvalue weighted by molar-refractivity contribution is 9.10. The zero-order chi connectivity index (χ0) is 11.4. The van der Waals surface area contributed by atoms with Crippen LogP contribution in [0, 0.1) is 17.6 Å². The van der Waals surface area contributed by atoms with Crippen LogP contribution in [0.1, 0.15) is 5.56 Å². The van der Waals surface area contributed by atoms with Gasteiger partial charge < -0.3 is 10.2 Å². The lowest BCUT2D eigenvalue weighted by Gasteiger charge is -2.12. The smallest absolute Gasteiger partial charge is 0.143 e. The van der Waals surface area contributed by atoms with Crippen LogP contribution in [0.2, 0.25) is 0 Å². The number of rotatable bonds is 4. The summed E-state index contributed by atoms with van der Waals surface area (Å²) in [5.41, 5.74) is -0.113. The van der Waals surface area contributed by atoms with Crippen molar-refractivity contribution < 1.29 is 19.0 Å². The van der Waals surface area contributed by atoms with Crippen LogP contribution in [-0.2, 0) is 6.42 Å². The molecular formula is C10H11BrF2O2. The molecule has 0 aromatic heterocycles. The maximum absolute atomic E-state index is 13.4. The fourth-order valence-corrected chi connectivity index (χ4v) is 1.60. The van der Waals surface area contributed by atoms with E-state index in [1.54, 1.807) is 0 Å². The van der Waals surface area contributed by atoms with E-state index in [1.165, 1.54) is 6.07 Å². The zero-order valence-corrected chi connectivity index (χ0v) is 9.47. The summed E-state index contributed by atoms with van der Waals surface area (Å²) in [5.74, 6) is -1.88. The average Bonchev–Trinajstić information content (AvgIpc) is 2.24. The summed E-state index contributed by atoms with van der Waals surface area (Å²) >= 11 is 2.95. The Bertz CT molecular complexity index is 340. The molecular weight excluding hydrogens is 270 g/mol. The highest BCUT2D eigenvalue weighted by Crippen LogP contribution is 2.23. The van der Waals surface area contributed by atoms with Crippen molar-refractivity contribution in [2.75, 3.05) is 13.2 Å². The molecule has 0 saturated heterocycles. The molecule has 0 fully saturated rings. The zero-order valence-electron chi connectivity index (χ0n) is 7.88. The van der Waals surface area contributed by atoms with Crippen molar-refractivity contribution in [2.24, 2.45) is 5.92 Å². The minimum Gasteiger partial charge on any atom is -0.396 e. The summed E-state index contributed by atoms with van der Waals surface area (Å²) in [6, 6.07) is 2.43. The Labute approximate surface area is 94.7 Å². The van der Waals surface area contributed by atoms with Crippen molar-refractivity contribution in [2.45, 2.75) is 6.42 Å². The molecule has 0 amide bonds. The number of halogens is 3. The number of aliphatic hydroxyl groups is 2. The minimum atomic E-state index is -0.679. The molecule has 1 rings (SSSR count). The Kier molecular flexibility index (Phi) is 4.63. The Morgan fingerprint density at radius 1 is 1.20 bits per heavy atom. The molecule has 0 aliphatic rings. The second kappa shape index (κ2) is 5.53. The van der Waals surface area contributed by atoms with Crippen molar-refractivity contribution in [1.29, 1.82) is 0 Å². The summed E-state index contributed by atoms with van der Waals surface area (Å²) in [6.07, 6.45) is -0.0237. The van der Waals surface area contributed by atoms with Gasteiger partial charge in [0.05, 0.1) is 4.47 Å². The van der Waals surface area contributed by atoms with E-state index in [0.717, 1.165) is 6.07 Å². The van der Waals surface area contributed by atoms with Gasteiger partial charge in [-0.25, -0.2) is 8.78 Å². The lowest BCUT2D eigenvalue weighted by Crippen LogP contribution is -2.16. The van der Waals surface area contributed by atoms with Crippen molar-refractivity contribution in [3.05, 3.63) is 33.8 Å². The third-order valence-electron chi connectivity index (χ3n) is 2.15. The van der Waals surface area contributed by atoms with Crippen LogP contribution in [0.15, 0.2) is 16.6 Å². The van der Waals surface area contributed by atoms with Crippen molar-refractivity contribution in [1.82, 2.24) is 0 Å². The monoisotopic (exact) mass is 280 g/mol. The fraction of sp³-hybridized carbons (Fsp3) is 0.400. The topological polar surface area (TPSA) is 40.5 Å². The van der Waals surface area contributed by atoms with Crippen LogP contribution in [0.3, 0.4) is 0 Å². The molecule has 0 saturated carbocycles. The van der Waals surface area contributed by atoms with Crippen molar-refractivity contribution in [3.8, 4) is 0 Å². The van der Waals surface area contributed by atoms with Crippen LogP contribution in [0.25, 0.3) is 0 Å². The molecule has 0 radical (unpaired) electrons. The second-order valence-corrected chi connectivity index (χ2v) is 4.11. The van der Waals surface area contributed by atoms with Gasteiger partial charge >= 0.3 is 0 Å². The molecule has 5 heteroatoms. The molecule has 15 heavy (non-hydrogen) atoms. The van der Waals surface area contributed by atoms with E-state index in [4.69, 9.17) is 10.2 Å². The molecule has 2 nitrogen and oxygen atoms in total. The van der Waals surface area contributed by atoms with Crippen LogP contribution in [0.4, 0.5) is 8.78 Å². The van der Waals surface area contributed by atoms with Crippen LogP contribution >= 0.6 is 15.9 Å². The van der Waals surface area contributed by atoms with E-state index < -0.39 is 17.6 Å². The normalized spacial score (nSPS) is 11.1. The van der Waals surface area contributed by atoms with Crippen molar-refractivity contribution in [3.63, 3.8) is 0 Å². The summed E-state index contributed by atoms with van der Waals surface area (Å²) < 4.78 is 26.9. The van der Waals surface area contributed by atoms with Gasteiger partial charge in [0.2, 0.25) is 0 Å². The lowest BCUT2D eigenvalue weighted by atomic mass is 10.00. The SMILES string of the molecule is OCC(CO)Cc1c(F)ccc(Br)c1F. The third-order valence-corrected chi connectivity index (χ3v) is 2.76. The first-order chi connectivity index (χ1) is 7.10. The minimum absolute atomic E-state index is 0.0237. The average molecular weight is 281 g/mol. The Hall–Kier alpha value is -0.520. The standard InChI is InChI=1S/C10H11BrF2O2/c11-8-1-2-9(12)7(10(8)13)3-6(4-14)5-15/h1-2,6,14-15H,3-5H2. The molecule has 1 aromatic rings. The summed E-state index contributed by atoms with van der Waals surface area (Å²) in [6.45, 7) is -0.607. The summed E-state index contributed by atoms with van der Waals surface area (Å²) in [7, 11) is 0.